The smallest absolute Gasteiger partial charge is 0.310 e. The first-order valence-electron chi connectivity index (χ1n) is 8.04. The highest BCUT2D eigenvalue weighted by atomic mass is 32.1. The molecule has 2 N–H and O–H groups in total. The zero-order valence-electron chi connectivity index (χ0n) is 13.5. The number of nitrogens with zero attached hydrogens (tertiary/aromatic N) is 1. The van der Waals surface area contributed by atoms with Gasteiger partial charge in [0.15, 0.2) is 0 Å². The van der Waals surface area contributed by atoms with Crippen molar-refractivity contribution in [2.75, 3.05) is 0 Å². The van der Waals surface area contributed by atoms with E-state index in [0.29, 0.717) is 12.8 Å². The molecule has 3 rings (SSSR count). The lowest BCUT2D eigenvalue weighted by atomic mass is 9.66. The predicted molar refractivity (Wildman–Crippen MR) is 92.6 cm³/mol. The van der Waals surface area contributed by atoms with Gasteiger partial charge in [0.1, 0.15) is 5.01 Å². The van der Waals surface area contributed by atoms with Gasteiger partial charge in [0, 0.05) is 17.4 Å². The monoisotopic (exact) mass is 344 g/mol. The molecule has 1 aromatic carbocycles. The summed E-state index contributed by atoms with van der Waals surface area (Å²) in [5.41, 5.74) is 1.07. The third-order valence-corrected chi connectivity index (χ3v) is 5.63. The zero-order valence-corrected chi connectivity index (χ0v) is 14.3. The van der Waals surface area contributed by atoms with E-state index < -0.39 is 11.4 Å². The first-order valence-corrected chi connectivity index (χ1v) is 8.92. The van der Waals surface area contributed by atoms with Gasteiger partial charge in [0.05, 0.1) is 17.2 Å². The molecule has 1 aliphatic rings. The summed E-state index contributed by atoms with van der Waals surface area (Å²) >= 11 is 1.50. The van der Waals surface area contributed by atoms with Crippen LogP contribution >= 0.6 is 11.3 Å². The quantitative estimate of drug-likeness (QED) is 0.838. The van der Waals surface area contributed by atoms with Gasteiger partial charge in [0.2, 0.25) is 5.91 Å². The van der Waals surface area contributed by atoms with Gasteiger partial charge in [-0.25, -0.2) is 4.98 Å². The Labute approximate surface area is 144 Å². The number of hydrogen-bond donors (Lipinski definition) is 2. The minimum Gasteiger partial charge on any atom is -0.481 e. The molecule has 1 amide bonds. The molecular formula is C18H20N2O3S. The molecular weight excluding hydrogens is 324 g/mol. The summed E-state index contributed by atoms with van der Waals surface area (Å²) in [6, 6.07) is 9.64. The van der Waals surface area contributed by atoms with Crippen molar-refractivity contribution < 1.29 is 14.7 Å². The van der Waals surface area contributed by atoms with Crippen LogP contribution in [0.4, 0.5) is 0 Å². The van der Waals surface area contributed by atoms with Crippen molar-refractivity contribution in [1.82, 2.24) is 10.3 Å². The van der Waals surface area contributed by atoms with E-state index in [2.05, 4.69) is 10.3 Å². The second kappa shape index (κ2) is 6.73. The number of aromatic nitrogens is 1. The Balaban J connectivity index is 1.63. The summed E-state index contributed by atoms with van der Waals surface area (Å²) in [5.74, 6) is -1.08. The Kier molecular flexibility index (Phi) is 4.66. The van der Waals surface area contributed by atoms with Gasteiger partial charge >= 0.3 is 5.97 Å². The lowest BCUT2D eigenvalue weighted by Gasteiger charge is -2.37. The molecule has 5 nitrogen and oxygen atoms in total. The minimum atomic E-state index is -0.864. The highest BCUT2D eigenvalue weighted by Gasteiger charge is 2.46. The first kappa shape index (κ1) is 16.6. The topological polar surface area (TPSA) is 79.3 Å². The van der Waals surface area contributed by atoms with E-state index in [-0.39, 0.29) is 18.4 Å². The number of carbonyl (C=O) groups excluding carboxylic acids is 1. The van der Waals surface area contributed by atoms with Crippen LogP contribution in [0.1, 0.15) is 43.7 Å². The van der Waals surface area contributed by atoms with Crippen molar-refractivity contribution in [3.8, 4) is 11.3 Å². The number of amides is 1. The molecule has 2 aromatic rings. The molecule has 1 atom stereocenters. The third kappa shape index (κ3) is 3.33. The van der Waals surface area contributed by atoms with E-state index in [4.69, 9.17) is 0 Å². The maximum Gasteiger partial charge on any atom is 0.310 e. The zero-order chi connectivity index (χ0) is 17.2. The molecule has 126 valence electrons. The molecule has 1 aromatic heterocycles. The number of carboxylic acid groups (broad SMARTS) is 1. The molecule has 6 heteroatoms. The van der Waals surface area contributed by atoms with Gasteiger partial charge in [-0.3, -0.25) is 9.59 Å². The molecule has 24 heavy (non-hydrogen) atoms. The van der Waals surface area contributed by atoms with E-state index in [1.807, 2.05) is 42.6 Å². The number of hydrogen-bond acceptors (Lipinski definition) is 4. The van der Waals surface area contributed by atoms with Crippen LogP contribution < -0.4 is 5.32 Å². The van der Waals surface area contributed by atoms with Crippen molar-refractivity contribution >= 4 is 23.2 Å². The fourth-order valence-electron chi connectivity index (χ4n) is 2.96. The number of aliphatic carboxylic acids is 1. The van der Waals surface area contributed by atoms with Crippen LogP contribution in [0.2, 0.25) is 0 Å². The Morgan fingerprint density at radius 2 is 2.04 bits per heavy atom. The van der Waals surface area contributed by atoms with Crippen molar-refractivity contribution in [3.63, 3.8) is 0 Å². The van der Waals surface area contributed by atoms with Crippen molar-refractivity contribution in [2.24, 2.45) is 5.41 Å². The summed E-state index contributed by atoms with van der Waals surface area (Å²) < 4.78 is 0. The number of nitrogens with one attached hydrogen (secondary N) is 1. The minimum absolute atomic E-state index is 0.0452. The Morgan fingerprint density at radius 1 is 1.33 bits per heavy atom. The van der Waals surface area contributed by atoms with Crippen molar-refractivity contribution in [3.05, 3.63) is 40.7 Å². The average Bonchev–Trinajstić information content (AvgIpc) is 3.01. The average molecular weight is 344 g/mol. The second-order valence-corrected chi connectivity index (χ2v) is 7.23. The second-order valence-electron chi connectivity index (χ2n) is 6.34. The molecule has 1 fully saturated rings. The molecule has 1 aliphatic carbocycles. The van der Waals surface area contributed by atoms with Crippen LogP contribution in [0.5, 0.6) is 0 Å². The summed E-state index contributed by atoms with van der Waals surface area (Å²) in [4.78, 5) is 28.2. The lowest BCUT2D eigenvalue weighted by Crippen LogP contribution is -2.43. The van der Waals surface area contributed by atoms with Crippen LogP contribution in [0, 0.1) is 5.41 Å². The predicted octanol–water partition coefficient (Wildman–Crippen LogP) is 3.63. The summed E-state index contributed by atoms with van der Waals surface area (Å²) in [6.45, 7) is 1.87. The summed E-state index contributed by atoms with van der Waals surface area (Å²) in [5, 5.41) is 15.0. The van der Waals surface area contributed by atoms with E-state index in [1.165, 1.54) is 11.3 Å². The van der Waals surface area contributed by atoms with Gasteiger partial charge in [0.25, 0.3) is 0 Å². The fourth-order valence-corrected chi connectivity index (χ4v) is 3.79. The third-order valence-electron chi connectivity index (χ3n) is 4.60. The van der Waals surface area contributed by atoms with Gasteiger partial charge in [-0.2, -0.15) is 0 Å². The summed E-state index contributed by atoms with van der Waals surface area (Å²) in [7, 11) is 0. The van der Waals surface area contributed by atoms with Crippen LogP contribution in [0.25, 0.3) is 11.3 Å². The van der Waals surface area contributed by atoms with Gasteiger partial charge < -0.3 is 10.4 Å². The number of carbonyl (C=O) groups is 2. The Morgan fingerprint density at radius 3 is 2.62 bits per heavy atom. The summed E-state index contributed by atoms with van der Waals surface area (Å²) in [6.07, 6.45) is 2.09. The Hall–Kier alpha value is -2.21. The first-order chi connectivity index (χ1) is 11.5. The molecule has 0 saturated heterocycles. The standard InChI is InChI=1S/C18H20N2O3S/c1-12(19-15(21)10-18(17(22)23)8-5-9-18)16-20-14(11-24-16)13-6-3-2-4-7-13/h2-4,6-7,11-12H,5,8-10H2,1H3,(H,19,21)(H,22,23). The van der Waals surface area contributed by atoms with Crippen molar-refractivity contribution in [2.45, 2.75) is 38.6 Å². The number of thiazole rings is 1. The SMILES string of the molecule is CC(NC(=O)CC1(C(=O)O)CCC1)c1nc(-c2ccccc2)cs1. The van der Waals surface area contributed by atoms with Crippen LogP contribution in [-0.2, 0) is 9.59 Å². The molecule has 0 aliphatic heterocycles. The molecule has 1 heterocycles. The van der Waals surface area contributed by atoms with Crippen LogP contribution in [0.3, 0.4) is 0 Å². The highest BCUT2D eigenvalue weighted by molar-refractivity contribution is 7.10. The van der Waals surface area contributed by atoms with E-state index in [1.54, 1.807) is 0 Å². The number of rotatable bonds is 6. The maximum absolute atomic E-state index is 12.2. The van der Waals surface area contributed by atoms with E-state index in [0.717, 1.165) is 22.7 Å². The number of benzene rings is 1. The van der Waals surface area contributed by atoms with Gasteiger partial charge in [-0.05, 0) is 19.8 Å². The van der Waals surface area contributed by atoms with E-state index in [9.17, 15) is 14.7 Å². The fraction of sp³-hybridized carbons (Fsp3) is 0.389. The highest BCUT2D eigenvalue weighted by Crippen LogP contribution is 2.44. The molecule has 1 saturated carbocycles. The normalized spacial score (nSPS) is 16.9. The van der Waals surface area contributed by atoms with Gasteiger partial charge in [-0.15, -0.1) is 11.3 Å². The lowest BCUT2D eigenvalue weighted by molar-refractivity contribution is -0.157. The number of carboxylic acids is 1. The van der Waals surface area contributed by atoms with Crippen molar-refractivity contribution in [1.29, 1.82) is 0 Å². The maximum atomic E-state index is 12.2. The molecule has 1 unspecified atom stereocenters. The molecule has 0 spiro atoms. The Bertz CT molecular complexity index is 738. The molecule has 0 radical (unpaired) electrons. The molecule has 0 bridgehead atoms. The largest absolute Gasteiger partial charge is 0.481 e. The van der Waals surface area contributed by atoms with Gasteiger partial charge in [-0.1, -0.05) is 36.8 Å². The van der Waals surface area contributed by atoms with E-state index >= 15 is 0 Å². The van der Waals surface area contributed by atoms with Crippen LogP contribution in [0.15, 0.2) is 35.7 Å². The van der Waals surface area contributed by atoms with Crippen LogP contribution in [-0.4, -0.2) is 22.0 Å².